The van der Waals surface area contributed by atoms with Crippen molar-refractivity contribution >= 4 is 81.2 Å². The summed E-state index contributed by atoms with van der Waals surface area (Å²) in [4.78, 5) is 122. The molecular weight excluding hydrogens is 1110 g/mol. The van der Waals surface area contributed by atoms with E-state index in [1.165, 1.54) is 12.1 Å². The lowest BCUT2D eigenvalue weighted by atomic mass is 9.73. The second kappa shape index (κ2) is 25.3. The van der Waals surface area contributed by atoms with E-state index in [2.05, 4.69) is 43.6 Å². The van der Waals surface area contributed by atoms with E-state index < -0.39 is 40.9 Å². The van der Waals surface area contributed by atoms with E-state index in [0.29, 0.717) is 79.2 Å². The number of pyridine rings is 1. The Balaban J connectivity index is 0.677. The zero-order valence-corrected chi connectivity index (χ0v) is 50.9. The molecule has 2 atom stereocenters. The molecule has 21 heteroatoms. The van der Waals surface area contributed by atoms with Gasteiger partial charge in [0.15, 0.2) is 5.82 Å². The monoisotopic (exact) mass is 1190 g/mol. The zero-order valence-electron chi connectivity index (χ0n) is 50.9. The van der Waals surface area contributed by atoms with Crippen LogP contribution in [-0.4, -0.2) is 140 Å². The number of nitrogens with one attached hydrogen (secondary N) is 5. The quantitative estimate of drug-likeness (QED) is 0.0341. The van der Waals surface area contributed by atoms with Gasteiger partial charge in [-0.25, -0.2) is 14.4 Å². The summed E-state index contributed by atoms with van der Waals surface area (Å²) in [5.41, 5.74) is 5.88. The van der Waals surface area contributed by atoms with Crippen LogP contribution in [0.5, 0.6) is 0 Å². The predicted octanol–water partition coefficient (Wildman–Crippen LogP) is 8.84. The van der Waals surface area contributed by atoms with Gasteiger partial charge < -0.3 is 35.6 Å². The number of rotatable bonds is 21. The topological polar surface area (TPSA) is 240 Å². The number of nitrogens with zero attached hydrogens (tertiary/aromatic N) is 7. The molecule has 7 heterocycles. The number of carbonyl (C=O) groups excluding carboxylic acids is 8. The van der Waals surface area contributed by atoms with E-state index in [4.69, 9.17) is 9.97 Å². The normalized spacial score (nSPS) is 21.0. The number of carbonyl (C=O) groups is 8. The minimum absolute atomic E-state index is 0.000197. The van der Waals surface area contributed by atoms with Crippen LogP contribution in [0.15, 0.2) is 60.9 Å². The van der Waals surface area contributed by atoms with Gasteiger partial charge in [0.1, 0.15) is 17.4 Å². The highest BCUT2D eigenvalue weighted by atomic mass is 19.1. The average Bonchev–Trinajstić information content (AvgIpc) is 1.62. The van der Waals surface area contributed by atoms with Crippen LogP contribution < -0.4 is 31.5 Å². The van der Waals surface area contributed by atoms with Crippen molar-refractivity contribution in [3.8, 4) is 11.3 Å². The van der Waals surface area contributed by atoms with Crippen molar-refractivity contribution in [3.05, 3.63) is 94.6 Å². The highest BCUT2D eigenvalue weighted by Gasteiger charge is 2.56. The molecule has 20 nitrogen and oxygen atoms in total. The third-order valence-electron chi connectivity index (χ3n) is 18.8. The van der Waals surface area contributed by atoms with Gasteiger partial charge in [-0.05, 0) is 153 Å². The maximum Gasteiger partial charge on any atom is 0.262 e. The number of halogens is 1. The largest absolute Gasteiger partial charge is 0.385 e. The number of likely N-dealkylation sites (tertiary alicyclic amines) is 2. The van der Waals surface area contributed by atoms with E-state index in [-0.39, 0.29) is 83.4 Å². The molecule has 0 bridgehead atoms. The van der Waals surface area contributed by atoms with Gasteiger partial charge in [0.25, 0.3) is 17.7 Å². The lowest BCUT2D eigenvalue weighted by Gasteiger charge is -2.49. The van der Waals surface area contributed by atoms with E-state index in [0.717, 1.165) is 105 Å². The number of hydrogen-bond acceptors (Lipinski definition) is 13. The van der Waals surface area contributed by atoms with Gasteiger partial charge in [0.2, 0.25) is 29.5 Å². The highest BCUT2D eigenvalue weighted by Crippen LogP contribution is 2.52. The van der Waals surface area contributed by atoms with Crippen LogP contribution in [0.25, 0.3) is 22.3 Å². The molecule has 8 amide bonds. The minimum Gasteiger partial charge on any atom is -0.385 e. The molecule has 11 rings (SSSR count). The van der Waals surface area contributed by atoms with E-state index >= 15 is 9.18 Å². The predicted molar refractivity (Wildman–Crippen MR) is 329 cm³/mol. The number of hydrogen-bond donors (Lipinski definition) is 5. The molecule has 4 fully saturated rings. The Kier molecular flexibility index (Phi) is 17.6. The molecule has 1 saturated carbocycles. The third-order valence-corrected chi connectivity index (χ3v) is 18.8. The lowest BCUT2D eigenvalue weighted by molar-refractivity contribution is -0.136. The molecule has 1 spiro atoms. The third kappa shape index (κ3) is 12.2. The Morgan fingerprint density at radius 3 is 2.24 bits per heavy atom. The van der Waals surface area contributed by atoms with Crippen LogP contribution in [0.3, 0.4) is 0 Å². The van der Waals surface area contributed by atoms with Crippen LogP contribution in [0.2, 0.25) is 0 Å². The number of aryl methyl sites for hydroxylation is 1. The van der Waals surface area contributed by atoms with E-state index in [9.17, 15) is 33.6 Å². The number of fused-ring (bicyclic) bond motifs is 4. The number of aromatic nitrogens is 3. The summed E-state index contributed by atoms with van der Waals surface area (Å²) in [6, 6.07) is 15.0. The minimum atomic E-state index is -0.994. The van der Waals surface area contributed by atoms with Gasteiger partial charge in [-0.2, -0.15) is 0 Å². The van der Waals surface area contributed by atoms with Crippen molar-refractivity contribution in [1.29, 1.82) is 0 Å². The molecule has 87 heavy (non-hydrogen) atoms. The fraction of sp³-hybridized carbons (Fsp3) is 0.515. The first-order valence-corrected chi connectivity index (χ1v) is 31.4. The molecule has 1 aliphatic carbocycles. The molecule has 5 aliphatic heterocycles. The van der Waals surface area contributed by atoms with Gasteiger partial charge >= 0.3 is 0 Å². The van der Waals surface area contributed by atoms with Crippen molar-refractivity contribution < 1.29 is 42.7 Å². The van der Waals surface area contributed by atoms with Gasteiger partial charge in [0.05, 0.1) is 45.7 Å². The molecule has 3 saturated heterocycles. The second-order valence-electron chi connectivity index (χ2n) is 25.4. The number of imidazole rings is 1. The summed E-state index contributed by atoms with van der Waals surface area (Å²) < 4.78 is 17.9. The molecule has 5 N–H and O–H groups in total. The van der Waals surface area contributed by atoms with Crippen LogP contribution in [0.1, 0.15) is 179 Å². The number of anilines is 4. The van der Waals surface area contributed by atoms with Crippen molar-refractivity contribution in [2.75, 3.05) is 54.8 Å². The fourth-order valence-electron chi connectivity index (χ4n) is 13.9. The smallest absolute Gasteiger partial charge is 0.262 e. The Bertz CT molecular complexity index is 3550. The summed E-state index contributed by atoms with van der Waals surface area (Å²) in [7, 11) is 0. The maximum atomic E-state index is 15.9. The Hall–Kier alpha value is -8.07. The summed E-state index contributed by atoms with van der Waals surface area (Å²) in [5.74, 6) is -2.47. The maximum absolute atomic E-state index is 15.9. The average molecular weight is 1190 g/mol. The van der Waals surface area contributed by atoms with Gasteiger partial charge in [-0.3, -0.25) is 53.5 Å². The Labute approximate surface area is 507 Å². The molecular formula is C66H81FN12O8. The van der Waals surface area contributed by atoms with Crippen LogP contribution in [-0.2, 0) is 29.4 Å². The first kappa shape index (κ1) is 60.6. The van der Waals surface area contributed by atoms with Crippen LogP contribution in [0.4, 0.5) is 27.3 Å². The zero-order chi connectivity index (χ0) is 61.4. The Morgan fingerprint density at radius 1 is 0.805 bits per heavy atom. The summed E-state index contributed by atoms with van der Waals surface area (Å²) in [6.07, 6.45) is 13.4. The first-order chi connectivity index (χ1) is 41.8. The van der Waals surface area contributed by atoms with Gasteiger partial charge in [-0.15, -0.1) is 0 Å². The van der Waals surface area contributed by atoms with E-state index in [1.807, 2.05) is 54.2 Å². The first-order valence-electron chi connectivity index (χ1n) is 31.4. The molecule has 460 valence electrons. The van der Waals surface area contributed by atoms with E-state index in [1.54, 1.807) is 38.4 Å². The lowest BCUT2D eigenvalue weighted by Crippen LogP contribution is -2.59. The summed E-state index contributed by atoms with van der Waals surface area (Å²) in [5, 5.41) is 15.0. The van der Waals surface area contributed by atoms with Crippen molar-refractivity contribution in [3.63, 3.8) is 0 Å². The molecule has 1 unspecified atom stereocenters. The van der Waals surface area contributed by atoms with Crippen LogP contribution >= 0.6 is 0 Å². The van der Waals surface area contributed by atoms with Crippen molar-refractivity contribution in [2.24, 2.45) is 5.92 Å². The van der Waals surface area contributed by atoms with Gasteiger partial charge in [-0.1, -0.05) is 44.2 Å². The standard InChI is InChI=1S/C66H81FN12O8/c1-38(2)71-61(83)48-34-53(51(67)29-40(48)5)73-59-58-54(70-37-77(58)39(3)4)35-52(72-59)42-16-19-50-56(30-42)78(65(87)66(50)22-27-75(28-23-66)41(6)80)46-32-45(33-46)76-26-14-15-43(36-76)60(82)69-25-13-11-9-7-8-10-12-24-68-44-17-18-47-49(31-44)64(86)79(63(47)85)55-20-21-57(81)74-62(55)84/h16-19,29-31,34-35,37-39,43,45-46,55,68H,7-15,20-28,32-33,36H2,1-6H3,(H,69,82)(H,71,83)(H,72,73)(H,74,81,84)/t43-,45?,46?,55?/m1/s1. The number of unbranched alkanes of at least 4 members (excludes halogenated alkanes) is 6. The molecule has 5 aromatic rings. The van der Waals surface area contributed by atoms with Crippen LogP contribution in [0, 0.1) is 18.7 Å². The number of amides is 8. The van der Waals surface area contributed by atoms with Crippen molar-refractivity contribution in [1.82, 2.24) is 45.2 Å². The number of imide groups is 2. The fourth-order valence-corrected chi connectivity index (χ4v) is 13.9. The number of piperidine rings is 3. The Morgan fingerprint density at radius 2 is 1.53 bits per heavy atom. The molecule has 6 aliphatic rings. The molecule has 0 radical (unpaired) electrons. The summed E-state index contributed by atoms with van der Waals surface area (Å²) in [6.45, 7) is 15.0. The summed E-state index contributed by atoms with van der Waals surface area (Å²) >= 11 is 0. The molecule has 2 aromatic heterocycles. The second-order valence-corrected chi connectivity index (χ2v) is 25.4. The number of benzene rings is 3. The SMILES string of the molecule is CC(=O)N1CCC2(CC1)C(=O)N(C1CC(N3CCC[C@@H](C(=O)NCCCCCCCCCNc4ccc5c(c4)C(=O)N(C4CCC(=O)NC4=O)C5=O)C3)C1)c1cc(-c3cc4ncn(C(C)C)c4c(Nc4cc(C(=O)NC(C)C)c(C)cc4F)n3)ccc12. The van der Waals surface area contributed by atoms with Crippen molar-refractivity contribution in [2.45, 2.75) is 173 Å². The molecule has 3 aromatic carbocycles. The van der Waals surface area contributed by atoms with Gasteiger partial charge in [0, 0.05) is 92.7 Å². The highest BCUT2D eigenvalue weighted by molar-refractivity contribution is 6.24.